The summed E-state index contributed by atoms with van der Waals surface area (Å²) in [4.78, 5) is 16.1. The number of hydrogen-bond donors (Lipinski definition) is 1. The third-order valence-electron chi connectivity index (χ3n) is 2.96. The zero-order chi connectivity index (χ0) is 16.5. The van der Waals surface area contributed by atoms with Gasteiger partial charge in [0.2, 0.25) is 5.88 Å². The maximum absolute atomic E-state index is 12.0. The van der Waals surface area contributed by atoms with Crippen LogP contribution in [0.5, 0.6) is 5.88 Å². The predicted octanol–water partition coefficient (Wildman–Crippen LogP) is 1.78. The van der Waals surface area contributed by atoms with E-state index in [1.54, 1.807) is 38.6 Å². The highest BCUT2D eigenvalue weighted by Crippen LogP contribution is 2.10. The van der Waals surface area contributed by atoms with Gasteiger partial charge in [-0.1, -0.05) is 6.07 Å². The summed E-state index contributed by atoms with van der Waals surface area (Å²) in [5.41, 5.74) is 0.862. The van der Waals surface area contributed by atoms with Gasteiger partial charge in [0.1, 0.15) is 19.0 Å². The molecule has 0 atom stereocenters. The van der Waals surface area contributed by atoms with Crippen LogP contribution in [0.2, 0.25) is 0 Å². The second kappa shape index (κ2) is 8.92. The number of nitrogens with zero attached hydrogens (tertiary/aromatic N) is 1. The molecule has 23 heavy (non-hydrogen) atoms. The van der Waals surface area contributed by atoms with Gasteiger partial charge in [0.05, 0.1) is 6.61 Å². The summed E-state index contributed by atoms with van der Waals surface area (Å²) in [6.07, 6.45) is 1.65. The maximum Gasteiger partial charge on any atom is 0.287 e. The first-order valence-corrected chi connectivity index (χ1v) is 7.15. The van der Waals surface area contributed by atoms with E-state index in [1.165, 1.54) is 0 Å². The summed E-state index contributed by atoms with van der Waals surface area (Å²) < 4.78 is 20.6. The minimum absolute atomic E-state index is 0.254. The molecule has 0 radical (unpaired) electrons. The molecule has 0 unspecified atom stereocenters. The number of carbonyl (C=O) groups is 1. The van der Waals surface area contributed by atoms with Crippen LogP contribution in [0, 0.1) is 0 Å². The Bertz CT molecular complexity index is 609. The van der Waals surface area contributed by atoms with E-state index in [0.717, 1.165) is 5.56 Å². The van der Waals surface area contributed by atoms with Crippen molar-refractivity contribution in [1.82, 2.24) is 10.3 Å². The van der Waals surface area contributed by atoms with Gasteiger partial charge in [0, 0.05) is 33.0 Å². The van der Waals surface area contributed by atoms with Gasteiger partial charge in [-0.15, -0.1) is 0 Å². The number of furan rings is 1. The van der Waals surface area contributed by atoms with Crippen molar-refractivity contribution in [3.8, 4) is 5.88 Å². The smallest absolute Gasteiger partial charge is 0.287 e. The molecule has 0 aliphatic carbocycles. The fourth-order valence-corrected chi connectivity index (χ4v) is 1.82. The fourth-order valence-electron chi connectivity index (χ4n) is 1.82. The monoisotopic (exact) mass is 320 g/mol. The molecule has 2 aromatic rings. The Morgan fingerprint density at radius 1 is 1.17 bits per heavy atom. The van der Waals surface area contributed by atoms with Crippen LogP contribution in [-0.4, -0.2) is 38.3 Å². The van der Waals surface area contributed by atoms with Gasteiger partial charge >= 0.3 is 0 Å². The van der Waals surface area contributed by atoms with Gasteiger partial charge < -0.3 is 23.9 Å². The van der Waals surface area contributed by atoms with Crippen LogP contribution in [-0.2, 0) is 22.6 Å². The summed E-state index contributed by atoms with van der Waals surface area (Å²) in [5.74, 6) is 1.10. The molecule has 0 fully saturated rings. The molecule has 7 heteroatoms. The molecule has 2 rings (SSSR count). The maximum atomic E-state index is 12.0. The van der Waals surface area contributed by atoms with Crippen LogP contribution in [0.15, 0.2) is 34.9 Å². The van der Waals surface area contributed by atoms with Crippen molar-refractivity contribution in [2.24, 2.45) is 0 Å². The highest BCUT2D eigenvalue weighted by Gasteiger charge is 2.10. The number of aromatic nitrogens is 1. The molecule has 1 N–H and O–H groups in total. The molecule has 1 amide bonds. The van der Waals surface area contributed by atoms with Gasteiger partial charge in [-0.3, -0.25) is 4.79 Å². The van der Waals surface area contributed by atoms with Crippen molar-refractivity contribution < 1.29 is 23.4 Å². The third-order valence-corrected chi connectivity index (χ3v) is 2.96. The summed E-state index contributed by atoms with van der Waals surface area (Å²) >= 11 is 0. The van der Waals surface area contributed by atoms with Crippen molar-refractivity contribution in [3.05, 3.63) is 47.5 Å². The van der Waals surface area contributed by atoms with Crippen LogP contribution in [0.1, 0.15) is 21.9 Å². The van der Waals surface area contributed by atoms with Gasteiger partial charge in [0.15, 0.2) is 5.76 Å². The Morgan fingerprint density at radius 2 is 2.04 bits per heavy atom. The van der Waals surface area contributed by atoms with Crippen molar-refractivity contribution in [2.75, 3.05) is 27.4 Å². The number of ether oxygens (including phenoxy) is 3. The standard InChI is InChI=1S/C16H20N2O5/c1-20-7-8-22-15-6-3-12(9-17-15)10-18-16(19)14-5-4-13(23-14)11-21-2/h3-6,9H,7-8,10-11H2,1-2H3,(H,18,19). The average molecular weight is 320 g/mol. The van der Waals surface area contributed by atoms with Crippen LogP contribution in [0.25, 0.3) is 0 Å². The first-order chi connectivity index (χ1) is 11.2. The van der Waals surface area contributed by atoms with E-state index in [1.807, 2.05) is 6.07 Å². The van der Waals surface area contributed by atoms with Crippen molar-refractivity contribution in [3.63, 3.8) is 0 Å². The molecule has 0 aliphatic heterocycles. The van der Waals surface area contributed by atoms with Crippen LogP contribution >= 0.6 is 0 Å². The van der Waals surface area contributed by atoms with Crippen LogP contribution in [0.4, 0.5) is 0 Å². The van der Waals surface area contributed by atoms with E-state index >= 15 is 0 Å². The number of rotatable bonds is 9. The molecule has 0 saturated heterocycles. The summed E-state index contributed by atoms with van der Waals surface area (Å²) in [7, 11) is 3.18. The summed E-state index contributed by atoms with van der Waals surface area (Å²) in [6, 6.07) is 6.93. The largest absolute Gasteiger partial charge is 0.475 e. The quantitative estimate of drug-likeness (QED) is 0.709. The van der Waals surface area contributed by atoms with Gasteiger partial charge in [-0.25, -0.2) is 4.98 Å². The minimum atomic E-state index is -0.284. The Kier molecular flexibility index (Phi) is 6.58. The van der Waals surface area contributed by atoms with Crippen molar-refractivity contribution in [2.45, 2.75) is 13.2 Å². The lowest BCUT2D eigenvalue weighted by Crippen LogP contribution is -2.22. The predicted molar refractivity (Wildman–Crippen MR) is 82.2 cm³/mol. The molecule has 0 spiro atoms. The molecular formula is C16H20N2O5. The molecule has 124 valence electrons. The van der Waals surface area contributed by atoms with Crippen LogP contribution in [0.3, 0.4) is 0 Å². The van der Waals surface area contributed by atoms with Crippen molar-refractivity contribution >= 4 is 5.91 Å². The summed E-state index contributed by atoms with van der Waals surface area (Å²) in [6.45, 7) is 1.64. The molecule has 2 heterocycles. The second-order valence-electron chi connectivity index (χ2n) is 4.73. The number of pyridine rings is 1. The molecule has 0 bridgehead atoms. The average Bonchev–Trinajstić information content (AvgIpc) is 3.03. The topological polar surface area (TPSA) is 82.8 Å². The number of carbonyl (C=O) groups excluding carboxylic acids is 1. The molecule has 0 aliphatic rings. The van der Waals surface area contributed by atoms with Gasteiger partial charge in [0.25, 0.3) is 5.91 Å². The minimum Gasteiger partial charge on any atom is -0.475 e. The SMILES string of the molecule is COCCOc1ccc(CNC(=O)c2ccc(COC)o2)cn1. The Balaban J connectivity index is 1.81. The van der Waals surface area contributed by atoms with E-state index in [0.29, 0.717) is 38.0 Å². The van der Waals surface area contributed by atoms with E-state index < -0.39 is 0 Å². The third kappa shape index (κ3) is 5.39. The molecular weight excluding hydrogens is 300 g/mol. The number of amides is 1. The Labute approximate surface area is 134 Å². The van der Waals surface area contributed by atoms with E-state index in [2.05, 4.69) is 10.3 Å². The normalized spacial score (nSPS) is 10.5. The number of methoxy groups -OCH3 is 2. The number of hydrogen-bond acceptors (Lipinski definition) is 6. The van der Waals surface area contributed by atoms with E-state index in [9.17, 15) is 4.79 Å². The van der Waals surface area contributed by atoms with Gasteiger partial charge in [-0.05, 0) is 17.7 Å². The Hall–Kier alpha value is -2.38. The van der Waals surface area contributed by atoms with E-state index in [4.69, 9.17) is 18.6 Å². The zero-order valence-electron chi connectivity index (χ0n) is 13.2. The number of nitrogens with one attached hydrogen (secondary N) is 1. The van der Waals surface area contributed by atoms with Crippen molar-refractivity contribution in [1.29, 1.82) is 0 Å². The lowest BCUT2D eigenvalue weighted by Gasteiger charge is -2.06. The second-order valence-corrected chi connectivity index (χ2v) is 4.73. The highest BCUT2D eigenvalue weighted by atomic mass is 16.5. The first kappa shape index (κ1) is 17.0. The molecule has 0 aromatic carbocycles. The first-order valence-electron chi connectivity index (χ1n) is 7.15. The highest BCUT2D eigenvalue weighted by molar-refractivity contribution is 5.91. The molecule has 0 saturated carbocycles. The van der Waals surface area contributed by atoms with E-state index in [-0.39, 0.29) is 11.7 Å². The summed E-state index contributed by atoms with van der Waals surface area (Å²) in [5, 5.41) is 2.77. The van der Waals surface area contributed by atoms with Gasteiger partial charge in [-0.2, -0.15) is 0 Å². The lowest BCUT2D eigenvalue weighted by atomic mass is 10.3. The van der Waals surface area contributed by atoms with Crippen LogP contribution < -0.4 is 10.1 Å². The Morgan fingerprint density at radius 3 is 2.74 bits per heavy atom. The lowest BCUT2D eigenvalue weighted by molar-refractivity contribution is 0.0914. The molecule has 2 aromatic heterocycles. The molecule has 7 nitrogen and oxygen atoms in total. The zero-order valence-corrected chi connectivity index (χ0v) is 13.2. The fraction of sp³-hybridized carbons (Fsp3) is 0.375.